The van der Waals surface area contributed by atoms with Crippen molar-refractivity contribution in [2.24, 2.45) is 5.92 Å². The van der Waals surface area contributed by atoms with Crippen LogP contribution in [0.5, 0.6) is 0 Å². The van der Waals surface area contributed by atoms with Crippen LogP contribution in [-0.2, 0) is 0 Å². The summed E-state index contributed by atoms with van der Waals surface area (Å²) in [6.07, 6.45) is 7.28. The minimum absolute atomic E-state index is 0.234. The lowest BCUT2D eigenvalue weighted by Gasteiger charge is -2.36. The maximum Gasteiger partial charge on any atom is 0.109 e. The highest BCUT2D eigenvalue weighted by Crippen LogP contribution is 2.33. The number of aliphatic hydroxyl groups is 1. The molecule has 0 radical (unpaired) electrons. The summed E-state index contributed by atoms with van der Waals surface area (Å²) >= 11 is 1.67. The fraction of sp³-hybridized carbons (Fsp3) is 0.786. The first kappa shape index (κ1) is 14.0. The molecule has 0 aromatic carbocycles. The minimum atomic E-state index is -0.503. The van der Waals surface area contributed by atoms with E-state index in [1.807, 2.05) is 11.6 Å². The molecule has 0 amide bonds. The largest absolute Gasteiger partial charge is 0.389 e. The smallest absolute Gasteiger partial charge is 0.109 e. The van der Waals surface area contributed by atoms with Crippen LogP contribution in [0.15, 0.2) is 11.6 Å². The zero-order valence-corrected chi connectivity index (χ0v) is 12.2. The van der Waals surface area contributed by atoms with Gasteiger partial charge in [0, 0.05) is 18.1 Å². The average Bonchev–Trinajstić information content (AvgIpc) is 2.91. The highest BCUT2D eigenvalue weighted by molar-refractivity contribution is 7.09. The Labute approximate surface area is 114 Å². The van der Waals surface area contributed by atoms with Gasteiger partial charge in [0.2, 0.25) is 0 Å². The number of nitrogens with one attached hydrogen (secondary N) is 1. The SMILES string of the molecule is CCC1CCC(O)(CNC(C)c2nccs2)CC1. The van der Waals surface area contributed by atoms with E-state index in [0.717, 1.165) is 23.8 Å². The van der Waals surface area contributed by atoms with Gasteiger partial charge in [0.1, 0.15) is 5.01 Å². The van der Waals surface area contributed by atoms with Crippen molar-refractivity contribution in [3.05, 3.63) is 16.6 Å². The summed E-state index contributed by atoms with van der Waals surface area (Å²) in [6, 6.07) is 0.234. The summed E-state index contributed by atoms with van der Waals surface area (Å²) in [5, 5.41) is 17.1. The molecule has 0 saturated heterocycles. The van der Waals surface area contributed by atoms with Gasteiger partial charge in [-0.1, -0.05) is 13.3 Å². The van der Waals surface area contributed by atoms with Gasteiger partial charge >= 0.3 is 0 Å². The van der Waals surface area contributed by atoms with Gasteiger partial charge < -0.3 is 10.4 Å². The molecule has 1 aromatic rings. The maximum absolute atomic E-state index is 10.6. The molecule has 2 N–H and O–H groups in total. The molecule has 0 bridgehead atoms. The molecule has 1 fully saturated rings. The van der Waals surface area contributed by atoms with E-state index in [0.29, 0.717) is 6.54 Å². The van der Waals surface area contributed by atoms with Gasteiger partial charge in [-0.05, 0) is 38.5 Å². The fourth-order valence-corrected chi connectivity index (χ4v) is 3.35. The van der Waals surface area contributed by atoms with Gasteiger partial charge in [0.05, 0.1) is 11.6 Å². The molecule has 1 unspecified atom stereocenters. The van der Waals surface area contributed by atoms with Crippen LogP contribution in [0.3, 0.4) is 0 Å². The zero-order chi connectivity index (χ0) is 13.0. The Morgan fingerprint density at radius 3 is 2.83 bits per heavy atom. The molecule has 1 atom stereocenters. The Kier molecular flexibility index (Phi) is 4.76. The molecule has 0 spiro atoms. The monoisotopic (exact) mass is 268 g/mol. The summed E-state index contributed by atoms with van der Waals surface area (Å²) in [5.41, 5.74) is -0.503. The Balaban J connectivity index is 1.79. The Hall–Kier alpha value is -0.450. The molecule has 0 aliphatic heterocycles. The van der Waals surface area contributed by atoms with Crippen LogP contribution in [0.4, 0.5) is 0 Å². The second-order valence-electron chi connectivity index (χ2n) is 5.55. The van der Waals surface area contributed by atoms with Crippen LogP contribution >= 0.6 is 11.3 Å². The van der Waals surface area contributed by atoms with E-state index in [2.05, 4.69) is 24.1 Å². The summed E-state index contributed by atoms with van der Waals surface area (Å²) in [5.74, 6) is 0.821. The van der Waals surface area contributed by atoms with Crippen molar-refractivity contribution >= 4 is 11.3 Å². The molecule has 1 saturated carbocycles. The van der Waals surface area contributed by atoms with Crippen molar-refractivity contribution < 1.29 is 5.11 Å². The van der Waals surface area contributed by atoms with E-state index in [4.69, 9.17) is 0 Å². The van der Waals surface area contributed by atoms with Crippen LogP contribution in [-0.4, -0.2) is 22.2 Å². The predicted molar refractivity (Wildman–Crippen MR) is 75.7 cm³/mol. The van der Waals surface area contributed by atoms with Crippen molar-refractivity contribution in [3.8, 4) is 0 Å². The molecular formula is C14H24N2OS. The number of thiazole rings is 1. The predicted octanol–water partition coefficient (Wildman–Crippen LogP) is 3.13. The van der Waals surface area contributed by atoms with Crippen molar-refractivity contribution in [3.63, 3.8) is 0 Å². The van der Waals surface area contributed by atoms with Gasteiger partial charge in [-0.25, -0.2) is 4.98 Å². The zero-order valence-electron chi connectivity index (χ0n) is 11.4. The molecular weight excluding hydrogens is 244 g/mol. The number of rotatable bonds is 5. The lowest BCUT2D eigenvalue weighted by Crippen LogP contribution is -2.44. The summed E-state index contributed by atoms with van der Waals surface area (Å²) in [4.78, 5) is 4.30. The second kappa shape index (κ2) is 6.13. The van der Waals surface area contributed by atoms with Crippen molar-refractivity contribution in [2.45, 2.75) is 57.6 Å². The molecule has 18 heavy (non-hydrogen) atoms. The van der Waals surface area contributed by atoms with Crippen molar-refractivity contribution in [1.82, 2.24) is 10.3 Å². The lowest BCUT2D eigenvalue weighted by molar-refractivity contribution is -0.0103. The first-order valence-electron chi connectivity index (χ1n) is 6.98. The lowest BCUT2D eigenvalue weighted by atomic mass is 9.78. The topological polar surface area (TPSA) is 45.1 Å². The molecule has 1 aliphatic carbocycles. The van der Waals surface area contributed by atoms with Crippen LogP contribution in [0.1, 0.15) is 57.0 Å². The average molecular weight is 268 g/mol. The van der Waals surface area contributed by atoms with Gasteiger partial charge in [0.25, 0.3) is 0 Å². The van der Waals surface area contributed by atoms with Gasteiger partial charge in [0.15, 0.2) is 0 Å². The molecule has 1 aliphatic rings. The molecule has 4 heteroatoms. The van der Waals surface area contributed by atoms with Gasteiger partial charge in [-0.3, -0.25) is 0 Å². The normalized spacial score (nSPS) is 30.3. The Morgan fingerprint density at radius 1 is 1.56 bits per heavy atom. The highest BCUT2D eigenvalue weighted by Gasteiger charge is 2.32. The van der Waals surface area contributed by atoms with Crippen LogP contribution < -0.4 is 5.32 Å². The number of nitrogens with zero attached hydrogens (tertiary/aromatic N) is 1. The van der Waals surface area contributed by atoms with Gasteiger partial charge in [-0.15, -0.1) is 11.3 Å². The number of hydrogen-bond donors (Lipinski definition) is 2. The summed E-state index contributed by atoms with van der Waals surface area (Å²) in [7, 11) is 0. The Bertz CT molecular complexity index is 345. The molecule has 2 rings (SSSR count). The summed E-state index contributed by atoms with van der Waals surface area (Å²) < 4.78 is 0. The number of aromatic nitrogens is 1. The maximum atomic E-state index is 10.6. The van der Waals surface area contributed by atoms with Crippen LogP contribution in [0.2, 0.25) is 0 Å². The molecule has 1 heterocycles. The third-order valence-corrected chi connectivity index (χ3v) is 5.13. The standard InChI is InChI=1S/C14H24N2OS/c1-3-12-4-6-14(17,7-5-12)10-16-11(2)13-15-8-9-18-13/h8-9,11-12,16-17H,3-7,10H2,1-2H3. The first-order chi connectivity index (χ1) is 8.63. The summed E-state index contributed by atoms with van der Waals surface area (Å²) in [6.45, 7) is 5.04. The third-order valence-electron chi connectivity index (χ3n) is 4.17. The van der Waals surface area contributed by atoms with Crippen molar-refractivity contribution in [2.75, 3.05) is 6.54 Å². The van der Waals surface area contributed by atoms with E-state index in [9.17, 15) is 5.11 Å². The highest BCUT2D eigenvalue weighted by atomic mass is 32.1. The molecule has 3 nitrogen and oxygen atoms in total. The van der Waals surface area contributed by atoms with E-state index < -0.39 is 5.60 Å². The van der Waals surface area contributed by atoms with E-state index in [1.54, 1.807) is 11.3 Å². The quantitative estimate of drug-likeness (QED) is 0.862. The second-order valence-corrected chi connectivity index (χ2v) is 6.48. The number of hydrogen-bond acceptors (Lipinski definition) is 4. The van der Waals surface area contributed by atoms with Crippen LogP contribution in [0.25, 0.3) is 0 Å². The third kappa shape index (κ3) is 3.53. The van der Waals surface area contributed by atoms with E-state index >= 15 is 0 Å². The van der Waals surface area contributed by atoms with E-state index in [1.165, 1.54) is 19.3 Å². The van der Waals surface area contributed by atoms with E-state index in [-0.39, 0.29) is 6.04 Å². The van der Waals surface area contributed by atoms with Gasteiger partial charge in [-0.2, -0.15) is 0 Å². The van der Waals surface area contributed by atoms with Crippen LogP contribution in [0, 0.1) is 5.92 Å². The Morgan fingerprint density at radius 2 is 2.28 bits per heavy atom. The molecule has 1 aromatic heterocycles. The first-order valence-corrected chi connectivity index (χ1v) is 7.86. The van der Waals surface area contributed by atoms with Crippen molar-refractivity contribution in [1.29, 1.82) is 0 Å². The fourth-order valence-electron chi connectivity index (χ4n) is 2.68. The molecule has 102 valence electrons. The minimum Gasteiger partial charge on any atom is -0.389 e.